The predicted molar refractivity (Wildman–Crippen MR) is 261 cm³/mol. The van der Waals surface area contributed by atoms with Crippen LogP contribution in [0.4, 0.5) is 26.3 Å². The summed E-state index contributed by atoms with van der Waals surface area (Å²) < 4.78 is 90.9. The number of aromatic nitrogens is 2. The number of hydrogen-bond donors (Lipinski definition) is 6. The first-order chi connectivity index (χ1) is 33.7. The fraction of sp³-hybridized carbons (Fsp3) is 0.296. The fourth-order valence-corrected chi connectivity index (χ4v) is 9.40. The molecule has 4 aromatic carbocycles. The lowest BCUT2D eigenvalue weighted by atomic mass is 9.87. The Bertz CT molecular complexity index is 2860. The second-order valence-corrected chi connectivity index (χ2v) is 19.0. The summed E-state index contributed by atoms with van der Waals surface area (Å²) in [6.45, 7) is 9.65. The normalized spacial score (nSPS) is 18.4. The van der Waals surface area contributed by atoms with Gasteiger partial charge in [-0.25, -0.2) is 45.5 Å². The van der Waals surface area contributed by atoms with E-state index in [2.05, 4.69) is 9.97 Å². The zero-order valence-electron chi connectivity index (χ0n) is 40.1. The maximum Gasteiger partial charge on any atom is 0.328 e. The molecular formula is C54H54F6N4O8. The Balaban J connectivity index is 0.000000205. The molecule has 18 heteroatoms. The van der Waals surface area contributed by atoms with Gasteiger partial charge in [0, 0.05) is 93.8 Å². The topological polar surface area (TPSA) is 187 Å². The molecule has 2 aliphatic rings. The van der Waals surface area contributed by atoms with E-state index in [1.54, 1.807) is 9.80 Å². The number of alkyl halides is 2. The summed E-state index contributed by atoms with van der Waals surface area (Å²) in [4.78, 5) is 50.9. The van der Waals surface area contributed by atoms with Gasteiger partial charge in [-0.15, -0.1) is 0 Å². The number of carboxylic acid groups (broad SMARTS) is 4. The molecule has 0 spiro atoms. The van der Waals surface area contributed by atoms with Crippen LogP contribution in [0.25, 0.3) is 34.0 Å². The smallest absolute Gasteiger partial charge is 0.328 e. The van der Waals surface area contributed by atoms with Crippen molar-refractivity contribution < 1.29 is 65.9 Å². The standard InChI is InChI=1S/2C25H25F3N2O2.C4H4O4/c2*1-14-10-17-16-6-4-5-7-20(16)29-23(17)24(30(14)13-25(2,3)28)22-18(26)11-15(12-19(22)27)8-9-21(31)32;5-3(6)1-2-4(7)8/h2*4-9,11-12,14,24,29H,10,13H2,1-3H3,(H,31,32);1-2H,(H,5,6)(H,7,8)/b2*9-8+;2-1-/t2*14-,24-;/m11./s1. The third-order valence-corrected chi connectivity index (χ3v) is 12.1. The molecule has 6 aromatic rings. The first kappa shape index (κ1) is 53.9. The van der Waals surface area contributed by atoms with Gasteiger partial charge in [0.25, 0.3) is 0 Å². The van der Waals surface area contributed by atoms with Crippen LogP contribution in [0.5, 0.6) is 0 Å². The van der Waals surface area contributed by atoms with E-state index in [9.17, 15) is 28.0 Å². The van der Waals surface area contributed by atoms with E-state index in [0.29, 0.717) is 36.4 Å². The minimum Gasteiger partial charge on any atom is -0.478 e. The van der Waals surface area contributed by atoms with E-state index in [-0.39, 0.29) is 47.4 Å². The quantitative estimate of drug-likeness (QED) is 0.0509. The van der Waals surface area contributed by atoms with Gasteiger partial charge in [-0.05, 0) is 125 Å². The number of fused-ring (bicyclic) bond motifs is 6. The van der Waals surface area contributed by atoms with Crippen molar-refractivity contribution in [2.45, 2.75) is 89.9 Å². The maximum absolute atomic E-state index is 15.3. The van der Waals surface area contributed by atoms with Crippen LogP contribution in [0.3, 0.4) is 0 Å². The van der Waals surface area contributed by atoms with Gasteiger partial charge >= 0.3 is 23.9 Å². The molecule has 0 saturated carbocycles. The third-order valence-electron chi connectivity index (χ3n) is 12.1. The molecule has 0 saturated heterocycles. The second kappa shape index (κ2) is 21.9. The molecule has 4 heterocycles. The monoisotopic (exact) mass is 1000 g/mol. The number of carboxylic acids is 4. The van der Waals surface area contributed by atoms with Crippen LogP contribution in [0, 0.1) is 23.3 Å². The molecule has 0 unspecified atom stereocenters. The van der Waals surface area contributed by atoms with Gasteiger partial charge in [-0.1, -0.05) is 36.4 Å². The van der Waals surface area contributed by atoms with E-state index < -0.39 is 70.6 Å². The summed E-state index contributed by atoms with van der Waals surface area (Å²) in [6, 6.07) is 17.8. The zero-order chi connectivity index (χ0) is 53.0. The highest BCUT2D eigenvalue weighted by atomic mass is 19.2. The highest BCUT2D eigenvalue weighted by molar-refractivity contribution is 5.90. The average molecular weight is 1000 g/mol. The van der Waals surface area contributed by atoms with E-state index in [0.717, 1.165) is 81.5 Å². The van der Waals surface area contributed by atoms with Crippen molar-refractivity contribution in [3.8, 4) is 0 Å². The summed E-state index contributed by atoms with van der Waals surface area (Å²) in [7, 11) is 0. The van der Waals surface area contributed by atoms with E-state index in [4.69, 9.17) is 20.4 Å². The lowest BCUT2D eigenvalue weighted by Gasteiger charge is -2.43. The number of hydrogen-bond acceptors (Lipinski definition) is 6. The number of aromatic amines is 2. The van der Waals surface area contributed by atoms with Gasteiger partial charge in [0.15, 0.2) is 0 Å². The third kappa shape index (κ3) is 12.9. The number of H-pyrrole nitrogens is 2. The Morgan fingerprint density at radius 3 is 1.15 bits per heavy atom. The van der Waals surface area contributed by atoms with Crippen LogP contribution in [0.2, 0.25) is 0 Å². The number of nitrogens with one attached hydrogen (secondary N) is 2. The van der Waals surface area contributed by atoms with E-state index >= 15 is 17.6 Å². The number of rotatable bonds is 12. The van der Waals surface area contributed by atoms with Crippen LogP contribution < -0.4 is 0 Å². The summed E-state index contributed by atoms with van der Waals surface area (Å²) in [6.07, 6.45) is 6.28. The van der Waals surface area contributed by atoms with Gasteiger partial charge in [-0.3, -0.25) is 9.80 Å². The molecule has 380 valence electrons. The Morgan fingerprint density at radius 1 is 0.556 bits per heavy atom. The van der Waals surface area contributed by atoms with Crippen molar-refractivity contribution in [1.29, 1.82) is 0 Å². The number of halogens is 6. The van der Waals surface area contributed by atoms with Crippen LogP contribution in [-0.2, 0) is 32.0 Å². The minimum absolute atomic E-state index is 0.00676. The van der Waals surface area contributed by atoms with Crippen molar-refractivity contribution in [3.63, 3.8) is 0 Å². The number of nitrogens with zero attached hydrogens (tertiary/aromatic N) is 2. The van der Waals surface area contributed by atoms with Gasteiger partial charge in [0.2, 0.25) is 0 Å². The molecule has 0 aliphatic carbocycles. The highest BCUT2D eigenvalue weighted by Gasteiger charge is 2.42. The number of carbonyl (C=O) groups is 4. The van der Waals surface area contributed by atoms with Crippen LogP contribution in [0.1, 0.15) is 98.4 Å². The summed E-state index contributed by atoms with van der Waals surface area (Å²) in [5.41, 5.74) is 1.66. The first-order valence-corrected chi connectivity index (χ1v) is 22.7. The molecule has 6 N–H and O–H groups in total. The Hall–Kier alpha value is -7.44. The molecule has 72 heavy (non-hydrogen) atoms. The summed E-state index contributed by atoms with van der Waals surface area (Å²) >= 11 is 0. The molecule has 0 bridgehead atoms. The van der Waals surface area contributed by atoms with Crippen LogP contribution >= 0.6 is 0 Å². The number of aliphatic carboxylic acids is 4. The summed E-state index contributed by atoms with van der Waals surface area (Å²) in [5, 5.41) is 35.2. The minimum atomic E-state index is -1.58. The molecule has 12 nitrogen and oxygen atoms in total. The van der Waals surface area contributed by atoms with E-state index in [1.165, 1.54) is 27.7 Å². The van der Waals surface area contributed by atoms with Gasteiger partial charge < -0.3 is 30.4 Å². The molecule has 8 rings (SSSR count). The molecule has 0 fully saturated rings. The van der Waals surface area contributed by atoms with Gasteiger partial charge in [-0.2, -0.15) is 0 Å². The SMILES string of the molecule is C[C@@H]1Cc2c([nH]c3ccccc23)[C@@H](c2c(F)cc(/C=C/C(=O)O)cc2F)N1CC(C)(C)F.C[C@@H]1Cc2c([nH]c3ccccc23)[C@@H](c2c(F)cc(/C=C/C(=O)O)cc2F)N1CC(C)(C)F.O=C(O)/C=C\C(=O)O. The number of benzene rings is 4. The van der Waals surface area contributed by atoms with Crippen LogP contribution in [-0.4, -0.2) is 101 Å². The Kier molecular flexibility index (Phi) is 16.4. The average Bonchev–Trinajstić information content (AvgIpc) is 3.83. The molecule has 2 aliphatic heterocycles. The zero-order valence-corrected chi connectivity index (χ0v) is 40.1. The fourth-order valence-electron chi connectivity index (χ4n) is 9.40. The van der Waals surface area contributed by atoms with Gasteiger partial charge in [0.05, 0.1) is 12.1 Å². The lowest BCUT2D eigenvalue weighted by molar-refractivity contribution is -0.134. The van der Waals surface area contributed by atoms with Crippen molar-refractivity contribution in [2.24, 2.45) is 0 Å². The summed E-state index contributed by atoms with van der Waals surface area (Å²) in [5.74, 6) is -8.16. The van der Waals surface area contributed by atoms with E-state index in [1.807, 2.05) is 62.4 Å². The first-order valence-electron chi connectivity index (χ1n) is 22.7. The highest BCUT2D eigenvalue weighted by Crippen LogP contribution is 2.45. The van der Waals surface area contributed by atoms with Crippen molar-refractivity contribution >= 4 is 57.8 Å². The Morgan fingerprint density at radius 2 is 0.861 bits per heavy atom. The second-order valence-electron chi connectivity index (χ2n) is 19.0. The molecule has 0 amide bonds. The molecule has 2 aromatic heterocycles. The Labute approximate surface area is 410 Å². The molecule has 0 radical (unpaired) electrons. The van der Waals surface area contributed by atoms with Crippen molar-refractivity contribution in [2.75, 3.05) is 13.1 Å². The molecular weight excluding hydrogens is 947 g/mol. The largest absolute Gasteiger partial charge is 0.478 e. The number of para-hydroxylation sites is 2. The van der Waals surface area contributed by atoms with Crippen LogP contribution in [0.15, 0.2) is 97.1 Å². The maximum atomic E-state index is 15.3. The van der Waals surface area contributed by atoms with Crippen molar-refractivity contribution in [1.82, 2.24) is 19.8 Å². The lowest BCUT2D eigenvalue weighted by Crippen LogP contribution is -2.48. The predicted octanol–water partition coefficient (Wildman–Crippen LogP) is 11.0. The van der Waals surface area contributed by atoms with Crippen molar-refractivity contribution in [3.05, 3.63) is 165 Å². The van der Waals surface area contributed by atoms with Gasteiger partial charge in [0.1, 0.15) is 34.6 Å². The molecule has 4 atom stereocenters.